The SMILES string of the molecule is CC(C)S(=O)(=O)Cc1ccc(CCc2ccc(F)cc2F)cc1. The zero-order valence-electron chi connectivity index (χ0n) is 13.2. The van der Waals surface area contributed by atoms with E-state index < -0.39 is 26.7 Å². The maximum absolute atomic E-state index is 13.6. The molecule has 0 N–H and O–H groups in total. The van der Waals surface area contributed by atoms with Crippen molar-refractivity contribution in [2.24, 2.45) is 0 Å². The highest BCUT2D eigenvalue weighted by molar-refractivity contribution is 7.91. The Kier molecular flexibility index (Phi) is 5.52. The molecule has 0 fully saturated rings. The minimum atomic E-state index is -3.11. The monoisotopic (exact) mass is 338 g/mol. The molecule has 2 nitrogen and oxygen atoms in total. The van der Waals surface area contributed by atoms with Crippen LogP contribution in [0.25, 0.3) is 0 Å². The molecular weight excluding hydrogens is 318 g/mol. The Bertz CT molecular complexity index is 766. The Labute approximate surface area is 136 Å². The van der Waals surface area contributed by atoms with Crippen molar-refractivity contribution in [3.05, 3.63) is 70.8 Å². The number of hydrogen-bond acceptors (Lipinski definition) is 2. The Balaban J connectivity index is 2.00. The van der Waals surface area contributed by atoms with Gasteiger partial charge in [0.1, 0.15) is 11.6 Å². The molecule has 0 aliphatic rings. The molecule has 0 amide bonds. The molecule has 2 aromatic rings. The van der Waals surface area contributed by atoms with Crippen molar-refractivity contribution in [1.82, 2.24) is 0 Å². The minimum Gasteiger partial charge on any atom is -0.228 e. The third-order valence-electron chi connectivity index (χ3n) is 3.81. The second kappa shape index (κ2) is 7.21. The predicted molar refractivity (Wildman–Crippen MR) is 88.0 cm³/mol. The third kappa shape index (κ3) is 4.86. The fourth-order valence-electron chi connectivity index (χ4n) is 2.20. The first-order valence-electron chi connectivity index (χ1n) is 7.51. The number of benzene rings is 2. The molecule has 0 aromatic heterocycles. The van der Waals surface area contributed by atoms with Crippen LogP contribution >= 0.6 is 0 Å². The van der Waals surface area contributed by atoms with Gasteiger partial charge in [-0.1, -0.05) is 30.3 Å². The van der Waals surface area contributed by atoms with Crippen LogP contribution in [0.1, 0.15) is 30.5 Å². The highest BCUT2D eigenvalue weighted by atomic mass is 32.2. The van der Waals surface area contributed by atoms with Gasteiger partial charge in [0.2, 0.25) is 0 Å². The molecule has 0 bridgehead atoms. The van der Waals surface area contributed by atoms with E-state index in [9.17, 15) is 17.2 Å². The van der Waals surface area contributed by atoms with E-state index in [1.807, 2.05) is 12.1 Å². The Morgan fingerprint density at radius 1 is 0.913 bits per heavy atom. The van der Waals surface area contributed by atoms with Gasteiger partial charge in [0, 0.05) is 6.07 Å². The molecule has 0 unspecified atom stereocenters. The average molecular weight is 338 g/mol. The number of aryl methyl sites for hydroxylation is 2. The van der Waals surface area contributed by atoms with Crippen LogP contribution < -0.4 is 0 Å². The quantitative estimate of drug-likeness (QED) is 0.795. The first-order valence-corrected chi connectivity index (χ1v) is 9.23. The molecule has 0 radical (unpaired) electrons. The zero-order chi connectivity index (χ0) is 17.0. The van der Waals surface area contributed by atoms with Crippen LogP contribution in [0.2, 0.25) is 0 Å². The molecule has 0 heterocycles. The van der Waals surface area contributed by atoms with E-state index in [4.69, 9.17) is 0 Å². The Morgan fingerprint density at radius 3 is 2.09 bits per heavy atom. The summed E-state index contributed by atoms with van der Waals surface area (Å²) in [6.45, 7) is 3.34. The normalized spacial score (nSPS) is 11.9. The van der Waals surface area contributed by atoms with E-state index in [0.717, 1.165) is 17.2 Å². The van der Waals surface area contributed by atoms with E-state index in [-0.39, 0.29) is 5.75 Å². The van der Waals surface area contributed by atoms with E-state index >= 15 is 0 Å². The summed E-state index contributed by atoms with van der Waals surface area (Å²) in [6.07, 6.45) is 1.08. The molecule has 2 rings (SSSR count). The van der Waals surface area contributed by atoms with Gasteiger partial charge in [-0.3, -0.25) is 0 Å². The van der Waals surface area contributed by atoms with Gasteiger partial charge in [-0.05, 0) is 49.4 Å². The van der Waals surface area contributed by atoms with Gasteiger partial charge in [0.15, 0.2) is 9.84 Å². The summed E-state index contributed by atoms with van der Waals surface area (Å²) in [5.41, 5.74) is 2.20. The first-order chi connectivity index (χ1) is 10.8. The van der Waals surface area contributed by atoms with E-state index in [1.54, 1.807) is 26.0 Å². The molecule has 0 saturated carbocycles. The summed E-state index contributed by atoms with van der Waals surface area (Å²) < 4.78 is 50.2. The molecule has 0 aliphatic heterocycles. The summed E-state index contributed by atoms with van der Waals surface area (Å²) in [4.78, 5) is 0. The van der Waals surface area contributed by atoms with Crippen LogP contribution in [-0.4, -0.2) is 13.7 Å². The van der Waals surface area contributed by atoms with E-state index in [2.05, 4.69) is 0 Å². The van der Waals surface area contributed by atoms with Crippen molar-refractivity contribution in [3.63, 3.8) is 0 Å². The molecular formula is C18H20F2O2S. The second-order valence-corrected chi connectivity index (χ2v) is 8.47. The maximum atomic E-state index is 13.6. The van der Waals surface area contributed by atoms with Crippen molar-refractivity contribution < 1.29 is 17.2 Å². The molecule has 0 aliphatic carbocycles. The van der Waals surface area contributed by atoms with Crippen molar-refractivity contribution in [1.29, 1.82) is 0 Å². The lowest BCUT2D eigenvalue weighted by atomic mass is 10.0. The smallest absolute Gasteiger partial charge is 0.156 e. The molecule has 0 spiro atoms. The van der Waals surface area contributed by atoms with Gasteiger partial charge in [0.25, 0.3) is 0 Å². The largest absolute Gasteiger partial charge is 0.228 e. The maximum Gasteiger partial charge on any atom is 0.156 e. The van der Waals surface area contributed by atoms with Crippen LogP contribution in [0.5, 0.6) is 0 Å². The van der Waals surface area contributed by atoms with Gasteiger partial charge >= 0.3 is 0 Å². The van der Waals surface area contributed by atoms with E-state index in [0.29, 0.717) is 18.4 Å². The Morgan fingerprint density at radius 2 is 1.52 bits per heavy atom. The number of rotatable bonds is 6. The first kappa shape index (κ1) is 17.6. The van der Waals surface area contributed by atoms with Crippen LogP contribution in [-0.2, 0) is 28.4 Å². The van der Waals surface area contributed by atoms with Gasteiger partial charge in [-0.15, -0.1) is 0 Å². The molecule has 124 valence electrons. The summed E-state index contributed by atoms with van der Waals surface area (Å²) >= 11 is 0. The molecule has 23 heavy (non-hydrogen) atoms. The van der Waals surface area contributed by atoms with Crippen molar-refractivity contribution in [2.45, 2.75) is 37.7 Å². The van der Waals surface area contributed by atoms with Crippen LogP contribution in [0.3, 0.4) is 0 Å². The third-order valence-corrected chi connectivity index (χ3v) is 5.98. The van der Waals surface area contributed by atoms with Gasteiger partial charge < -0.3 is 0 Å². The van der Waals surface area contributed by atoms with Gasteiger partial charge in [-0.2, -0.15) is 0 Å². The second-order valence-electron chi connectivity index (χ2n) is 5.91. The number of hydrogen-bond donors (Lipinski definition) is 0. The van der Waals surface area contributed by atoms with Gasteiger partial charge in [0.05, 0.1) is 11.0 Å². The fraction of sp³-hybridized carbons (Fsp3) is 0.333. The predicted octanol–water partition coefficient (Wildman–Crippen LogP) is 4.07. The van der Waals surface area contributed by atoms with Crippen LogP contribution in [0.15, 0.2) is 42.5 Å². The van der Waals surface area contributed by atoms with Crippen LogP contribution in [0, 0.1) is 11.6 Å². The van der Waals surface area contributed by atoms with Crippen molar-refractivity contribution in [3.8, 4) is 0 Å². The highest BCUT2D eigenvalue weighted by Crippen LogP contribution is 2.15. The Hall–Kier alpha value is -1.75. The standard InChI is InChI=1S/C18H20F2O2S/c1-13(2)23(21,22)12-15-5-3-14(4-6-15)7-8-16-9-10-17(19)11-18(16)20/h3-6,9-11,13H,7-8,12H2,1-2H3. The minimum absolute atomic E-state index is 0.0253. The van der Waals surface area contributed by atoms with Gasteiger partial charge in [-0.25, -0.2) is 17.2 Å². The van der Waals surface area contributed by atoms with Crippen LogP contribution in [0.4, 0.5) is 8.78 Å². The molecule has 5 heteroatoms. The molecule has 0 atom stereocenters. The highest BCUT2D eigenvalue weighted by Gasteiger charge is 2.16. The zero-order valence-corrected chi connectivity index (χ0v) is 14.0. The lowest BCUT2D eigenvalue weighted by Gasteiger charge is -2.09. The summed E-state index contributed by atoms with van der Waals surface area (Å²) in [5, 5.41) is -0.399. The lowest BCUT2D eigenvalue weighted by molar-refractivity contribution is 0.571. The number of sulfone groups is 1. The average Bonchev–Trinajstić information content (AvgIpc) is 2.47. The summed E-state index contributed by atoms with van der Waals surface area (Å²) in [5.74, 6) is -1.09. The topological polar surface area (TPSA) is 34.1 Å². The fourth-order valence-corrected chi connectivity index (χ4v) is 3.19. The summed E-state index contributed by atoms with van der Waals surface area (Å²) in [7, 11) is -3.11. The molecule has 2 aromatic carbocycles. The summed E-state index contributed by atoms with van der Waals surface area (Å²) in [6, 6.07) is 10.9. The lowest BCUT2D eigenvalue weighted by Crippen LogP contribution is -2.15. The van der Waals surface area contributed by atoms with Crippen molar-refractivity contribution in [2.75, 3.05) is 0 Å². The van der Waals surface area contributed by atoms with E-state index in [1.165, 1.54) is 12.1 Å². The number of halogens is 2. The molecule has 0 saturated heterocycles. The van der Waals surface area contributed by atoms with Crippen molar-refractivity contribution >= 4 is 9.84 Å².